The average Bonchev–Trinajstić information content (AvgIpc) is 2.34. The number of hydrogen-bond acceptors (Lipinski definition) is 3. The summed E-state index contributed by atoms with van der Waals surface area (Å²) in [5, 5.41) is 0. The van der Waals surface area contributed by atoms with E-state index >= 15 is 0 Å². The van der Waals surface area contributed by atoms with E-state index in [9.17, 15) is 8.42 Å². The van der Waals surface area contributed by atoms with Crippen molar-refractivity contribution < 1.29 is 12.6 Å². The minimum absolute atomic E-state index is 0.147. The zero-order valence-corrected chi connectivity index (χ0v) is 13.1. The summed E-state index contributed by atoms with van der Waals surface area (Å²) in [5.74, 6) is 0. The van der Waals surface area contributed by atoms with Crippen LogP contribution in [0.5, 0.6) is 0 Å². The second-order valence-electron chi connectivity index (χ2n) is 5.52. The van der Waals surface area contributed by atoms with Gasteiger partial charge in [-0.05, 0) is 35.8 Å². The van der Waals surface area contributed by atoms with Crippen LogP contribution in [0, 0.1) is 0 Å². The molecule has 3 nitrogen and oxygen atoms in total. The van der Waals surface area contributed by atoms with Gasteiger partial charge in [0.25, 0.3) is 10.1 Å². The highest BCUT2D eigenvalue weighted by Crippen LogP contribution is 2.30. The molecule has 0 aromatic heterocycles. The standard InChI is InChI=1S/C15H24O3S/c1-5-15(2,3)14-11-7-6-9-13(14)10-8-12-18-19(4,16)17/h6-7,9,11H,5,8,10,12H2,1-4H3. The van der Waals surface area contributed by atoms with E-state index in [0.717, 1.165) is 19.1 Å². The van der Waals surface area contributed by atoms with Gasteiger partial charge in [0.05, 0.1) is 12.9 Å². The summed E-state index contributed by atoms with van der Waals surface area (Å²) >= 11 is 0. The van der Waals surface area contributed by atoms with E-state index < -0.39 is 10.1 Å². The fourth-order valence-corrected chi connectivity index (χ4v) is 2.48. The topological polar surface area (TPSA) is 43.4 Å². The molecule has 0 saturated heterocycles. The fraction of sp³-hybridized carbons (Fsp3) is 0.600. The smallest absolute Gasteiger partial charge is 0.264 e. The lowest BCUT2D eigenvalue weighted by Crippen LogP contribution is -2.18. The molecule has 1 aromatic rings. The SMILES string of the molecule is CCC(C)(C)c1ccccc1CCCOS(C)(=O)=O. The first-order valence-electron chi connectivity index (χ1n) is 6.69. The van der Waals surface area contributed by atoms with E-state index in [2.05, 4.69) is 39.0 Å². The largest absolute Gasteiger partial charge is 0.270 e. The van der Waals surface area contributed by atoms with Crippen LogP contribution < -0.4 is 0 Å². The monoisotopic (exact) mass is 284 g/mol. The second kappa shape index (κ2) is 6.53. The van der Waals surface area contributed by atoms with Crippen molar-refractivity contribution in [2.24, 2.45) is 0 Å². The van der Waals surface area contributed by atoms with Crippen LogP contribution in [0.25, 0.3) is 0 Å². The Bertz CT molecular complexity index is 504. The van der Waals surface area contributed by atoms with Gasteiger partial charge in [0.1, 0.15) is 0 Å². The number of benzene rings is 1. The molecule has 0 amide bonds. The summed E-state index contributed by atoms with van der Waals surface area (Å²) in [6, 6.07) is 8.37. The maximum absolute atomic E-state index is 10.9. The van der Waals surface area contributed by atoms with Gasteiger partial charge in [0.15, 0.2) is 0 Å². The lowest BCUT2D eigenvalue weighted by molar-refractivity contribution is 0.315. The van der Waals surface area contributed by atoms with Crippen molar-refractivity contribution >= 4 is 10.1 Å². The molecule has 0 aliphatic rings. The molecular formula is C15H24O3S. The lowest BCUT2D eigenvalue weighted by Gasteiger charge is -2.26. The minimum Gasteiger partial charge on any atom is -0.270 e. The molecule has 0 bridgehead atoms. The first-order chi connectivity index (χ1) is 8.76. The van der Waals surface area contributed by atoms with E-state index in [1.54, 1.807) is 0 Å². The normalized spacial score (nSPS) is 12.6. The summed E-state index contributed by atoms with van der Waals surface area (Å²) in [6.07, 6.45) is 3.71. The van der Waals surface area contributed by atoms with Gasteiger partial charge in [-0.3, -0.25) is 4.18 Å². The van der Waals surface area contributed by atoms with Crippen molar-refractivity contribution in [2.75, 3.05) is 12.9 Å². The third-order valence-corrected chi connectivity index (χ3v) is 4.11. The van der Waals surface area contributed by atoms with Crippen LogP contribution in [-0.4, -0.2) is 21.3 Å². The third-order valence-electron chi connectivity index (χ3n) is 3.52. The van der Waals surface area contributed by atoms with Crippen molar-refractivity contribution in [1.29, 1.82) is 0 Å². The van der Waals surface area contributed by atoms with E-state index in [1.165, 1.54) is 11.1 Å². The first kappa shape index (κ1) is 16.2. The molecule has 0 radical (unpaired) electrons. The van der Waals surface area contributed by atoms with Crippen LogP contribution in [0.1, 0.15) is 44.7 Å². The molecule has 0 atom stereocenters. The van der Waals surface area contributed by atoms with Crippen molar-refractivity contribution in [3.05, 3.63) is 35.4 Å². The predicted molar refractivity (Wildman–Crippen MR) is 78.9 cm³/mol. The summed E-state index contributed by atoms with van der Waals surface area (Å²) in [5.41, 5.74) is 2.78. The Hall–Kier alpha value is -0.870. The molecule has 0 spiro atoms. The Balaban J connectivity index is 2.69. The van der Waals surface area contributed by atoms with Crippen molar-refractivity contribution in [2.45, 2.75) is 45.4 Å². The summed E-state index contributed by atoms with van der Waals surface area (Å²) in [7, 11) is -3.32. The number of hydrogen-bond donors (Lipinski definition) is 0. The number of rotatable bonds is 7. The Labute approximate surface area is 117 Å². The molecule has 1 rings (SSSR count). The Morgan fingerprint density at radius 2 is 1.84 bits per heavy atom. The quantitative estimate of drug-likeness (QED) is 0.570. The van der Waals surface area contributed by atoms with Crippen molar-refractivity contribution in [3.8, 4) is 0 Å². The molecular weight excluding hydrogens is 260 g/mol. The third kappa shape index (κ3) is 5.33. The van der Waals surface area contributed by atoms with Crippen LogP contribution in [0.3, 0.4) is 0 Å². The molecule has 1 aromatic carbocycles. The fourth-order valence-electron chi connectivity index (χ4n) is 2.06. The molecule has 108 valence electrons. The predicted octanol–water partition coefficient (Wildman–Crippen LogP) is 3.28. The van der Waals surface area contributed by atoms with Gasteiger partial charge in [0, 0.05) is 0 Å². The van der Waals surface area contributed by atoms with E-state index in [1.807, 2.05) is 6.07 Å². The van der Waals surface area contributed by atoms with Crippen LogP contribution in [0.15, 0.2) is 24.3 Å². The zero-order chi connectivity index (χ0) is 14.5. The van der Waals surface area contributed by atoms with Gasteiger partial charge in [-0.2, -0.15) is 8.42 Å². The van der Waals surface area contributed by atoms with Crippen LogP contribution >= 0.6 is 0 Å². The Kier molecular flexibility index (Phi) is 5.56. The van der Waals surface area contributed by atoms with Crippen molar-refractivity contribution in [3.63, 3.8) is 0 Å². The highest BCUT2D eigenvalue weighted by molar-refractivity contribution is 7.85. The van der Waals surface area contributed by atoms with Gasteiger partial charge in [-0.1, -0.05) is 45.0 Å². The number of aryl methyl sites for hydroxylation is 1. The molecule has 19 heavy (non-hydrogen) atoms. The van der Waals surface area contributed by atoms with E-state index in [4.69, 9.17) is 4.18 Å². The van der Waals surface area contributed by atoms with Gasteiger partial charge in [-0.25, -0.2) is 0 Å². The van der Waals surface area contributed by atoms with Gasteiger partial charge >= 0.3 is 0 Å². The maximum Gasteiger partial charge on any atom is 0.264 e. The van der Waals surface area contributed by atoms with Crippen molar-refractivity contribution in [1.82, 2.24) is 0 Å². The molecule has 0 aliphatic carbocycles. The van der Waals surface area contributed by atoms with Crippen LogP contribution in [0.4, 0.5) is 0 Å². The Morgan fingerprint density at radius 3 is 2.42 bits per heavy atom. The molecule has 4 heteroatoms. The summed E-state index contributed by atoms with van der Waals surface area (Å²) < 4.78 is 26.6. The Morgan fingerprint density at radius 1 is 1.21 bits per heavy atom. The van der Waals surface area contributed by atoms with Crippen LogP contribution in [0.2, 0.25) is 0 Å². The molecule has 0 saturated carbocycles. The zero-order valence-electron chi connectivity index (χ0n) is 12.3. The first-order valence-corrected chi connectivity index (χ1v) is 8.50. The van der Waals surface area contributed by atoms with Gasteiger partial charge in [-0.15, -0.1) is 0 Å². The van der Waals surface area contributed by atoms with E-state index in [-0.39, 0.29) is 12.0 Å². The highest BCUT2D eigenvalue weighted by atomic mass is 32.2. The minimum atomic E-state index is -3.32. The molecule has 0 aliphatic heterocycles. The summed E-state index contributed by atoms with van der Waals surface area (Å²) in [4.78, 5) is 0. The highest BCUT2D eigenvalue weighted by Gasteiger charge is 2.20. The molecule has 0 unspecified atom stereocenters. The van der Waals surface area contributed by atoms with Gasteiger partial charge < -0.3 is 0 Å². The van der Waals surface area contributed by atoms with E-state index in [0.29, 0.717) is 6.42 Å². The van der Waals surface area contributed by atoms with Crippen LogP contribution in [-0.2, 0) is 26.1 Å². The lowest BCUT2D eigenvalue weighted by atomic mass is 9.79. The average molecular weight is 284 g/mol. The molecule has 0 heterocycles. The molecule has 0 fully saturated rings. The maximum atomic E-state index is 10.9. The van der Waals surface area contributed by atoms with Gasteiger partial charge in [0.2, 0.25) is 0 Å². The summed E-state index contributed by atoms with van der Waals surface area (Å²) in [6.45, 7) is 6.90. The molecule has 0 N–H and O–H groups in total. The second-order valence-corrected chi connectivity index (χ2v) is 7.17.